The quantitative estimate of drug-likeness (QED) is 0.581. The van der Waals surface area contributed by atoms with Gasteiger partial charge in [0.25, 0.3) is 0 Å². The summed E-state index contributed by atoms with van der Waals surface area (Å²) in [5.41, 5.74) is 0. The zero-order chi connectivity index (χ0) is 8.72. The third-order valence-corrected chi connectivity index (χ3v) is 3.43. The molecular formula is C10H17NO. The van der Waals surface area contributed by atoms with E-state index in [0.717, 1.165) is 31.2 Å². The molecule has 0 aromatic heterocycles. The average molecular weight is 167 g/mol. The maximum absolute atomic E-state index is 11.3. The summed E-state index contributed by atoms with van der Waals surface area (Å²) < 4.78 is 0. The number of carbonyl (C=O) groups is 1. The molecule has 1 amide bonds. The maximum Gasteiger partial charge on any atom is 0.222 e. The Kier molecular flexibility index (Phi) is 1.85. The topological polar surface area (TPSA) is 20.3 Å². The van der Waals surface area contributed by atoms with Crippen molar-refractivity contribution in [3.63, 3.8) is 0 Å². The second-order valence-corrected chi connectivity index (χ2v) is 4.39. The molecule has 0 aliphatic carbocycles. The van der Waals surface area contributed by atoms with E-state index in [-0.39, 0.29) is 0 Å². The number of hydrogen-bond donors (Lipinski definition) is 0. The Morgan fingerprint density at radius 3 is 2.83 bits per heavy atom. The molecule has 0 unspecified atom stereocenters. The zero-order valence-corrected chi connectivity index (χ0v) is 7.92. The van der Waals surface area contributed by atoms with E-state index in [4.69, 9.17) is 0 Å². The van der Waals surface area contributed by atoms with Gasteiger partial charge in [0, 0.05) is 19.0 Å². The monoisotopic (exact) mass is 167 g/mol. The van der Waals surface area contributed by atoms with Gasteiger partial charge in [0.05, 0.1) is 0 Å². The van der Waals surface area contributed by atoms with Crippen LogP contribution in [-0.4, -0.2) is 23.4 Å². The van der Waals surface area contributed by atoms with Gasteiger partial charge in [-0.1, -0.05) is 13.8 Å². The second-order valence-electron chi connectivity index (χ2n) is 4.39. The summed E-state index contributed by atoms with van der Waals surface area (Å²) in [6.45, 7) is 5.57. The molecule has 2 aliphatic heterocycles. The standard InChI is InChI=1S/C10H17NO/c1-7(2)8-5-6-11-9(8)3-4-10(11)12/h7-9H,3-6H2,1-2H3/t8-,9+/m1/s1. The largest absolute Gasteiger partial charge is 0.339 e. The minimum atomic E-state index is 0.392. The van der Waals surface area contributed by atoms with Crippen LogP contribution in [0.5, 0.6) is 0 Å². The van der Waals surface area contributed by atoms with Gasteiger partial charge in [0.15, 0.2) is 0 Å². The highest BCUT2D eigenvalue weighted by atomic mass is 16.2. The summed E-state index contributed by atoms with van der Waals surface area (Å²) in [5, 5.41) is 0. The van der Waals surface area contributed by atoms with E-state index < -0.39 is 0 Å². The molecule has 2 rings (SSSR count). The van der Waals surface area contributed by atoms with Gasteiger partial charge >= 0.3 is 0 Å². The predicted octanol–water partition coefficient (Wildman–Crippen LogP) is 1.65. The van der Waals surface area contributed by atoms with Gasteiger partial charge in [-0.15, -0.1) is 0 Å². The minimum absolute atomic E-state index is 0.392. The normalized spacial score (nSPS) is 34.9. The Morgan fingerprint density at radius 1 is 1.42 bits per heavy atom. The number of nitrogens with zero attached hydrogens (tertiary/aromatic N) is 1. The van der Waals surface area contributed by atoms with Crippen LogP contribution in [0.4, 0.5) is 0 Å². The van der Waals surface area contributed by atoms with Gasteiger partial charge in [-0.2, -0.15) is 0 Å². The van der Waals surface area contributed by atoms with Crippen molar-refractivity contribution in [1.82, 2.24) is 4.90 Å². The van der Waals surface area contributed by atoms with E-state index in [2.05, 4.69) is 18.7 Å². The molecule has 0 spiro atoms. The van der Waals surface area contributed by atoms with Crippen LogP contribution in [0.25, 0.3) is 0 Å². The van der Waals surface area contributed by atoms with Gasteiger partial charge in [-0.25, -0.2) is 0 Å². The average Bonchev–Trinajstić information content (AvgIpc) is 2.53. The molecule has 0 aromatic rings. The van der Waals surface area contributed by atoms with Crippen molar-refractivity contribution in [3.8, 4) is 0 Å². The summed E-state index contributed by atoms with van der Waals surface area (Å²) in [7, 11) is 0. The van der Waals surface area contributed by atoms with Gasteiger partial charge in [0.1, 0.15) is 0 Å². The van der Waals surface area contributed by atoms with Crippen LogP contribution in [0.1, 0.15) is 33.1 Å². The molecule has 0 saturated carbocycles. The summed E-state index contributed by atoms with van der Waals surface area (Å²) >= 11 is 0. The molecule has 2 atom stereocenters. The summed E-state index contributed by atoms with van der Waals surface area (Å²) in [5.74, 6) is 1.91. The SMILES string of the molecule is CC(C)[C@H]1CCN2C(=O)CC[C@@H]12. The van der Waals surface area contributed by atoms with Gasteiger partial charge in [-0.05, 0) is 24.7 Å². The second kappa shape index (κ2) is 2.75. The van der Waals surface area contributed by atoms with Crippen LogP contribution in [-0.2, 0) is 4.79 Å². The lowest BCUT2D eigenvalue weighted by molar-refractivity contribution is -0.128. The molecule has 0 aromatic carbocycles. The smallest absolute Gasteiger partial charge is 0.222 e. The lowest BCUT2D eigenvalue weighted by Crippen LogP contribution is -2.30. The first kappa shape index (κ1) is 8.09. The Labute approximate surface area is 73.9 Å². The molecule has 2 fully saturated rings. The lowest BCUT2D eigenvalue weighted by atomic mass is 9.88. The molecule has 2 aliphatic rings. The van der Waals surface area contributed by atoms with Crippen molar-refractivity contribution in [2.45, 2.75) is 39.2 Å². The van der Waals surface area contributed by atoms with Crippen molar-refractivity contribution < 1.29 is 4.79 Å². The van der Waals surface area contributed by atoms with Crippen molar-refractivity contribution in [2.75, 3.05) is 6.54 Å². The van der Waals surface area contributed by atoms with E-state index in [1.807, 2.05) is 0 Å². The van der Waals surface area contributed by atoms with Crippen molar-refractivity contribution in [2.24, 2.45) is 11.8 Å². The fraction of sp³-hybridized carbons (Fsp3) is 0.900. The highest BCUT2D eigenvalue weighted by Gasteiger charge is 2.42. The first-order chi connectivity index (χ1) is 5.70. The maximum atomic E-state index is 11.3. The van der Waals surface area contributed by atoms with E-state index in [1.165, 1.54) is 6.42 Å². The summed E-state index contributed by atoms with van der Waals surface area (Å²) in [4.78, 5) is 13.5. The van der Waals surface area contributed by atoms with Gasteiger partial charge in [-0.3, -0.25) is 4.79 Å². The number of hydrogen-bond acceptors (Lipinski definition) is 1. The first-order valence-corrected chi connectivity index (χ1v) is 4.99. The molecule has 0 N–H and O–H groups in total. The van der Waals surface area contributed by atoms with Crippen molar-refractivity contribution in [3.05, 3.63) is 0 Å². The van der Waals surface area contributed by atoms with E-state index in [1.54, 1.807) is 0 Å². The number of carbonyl (C=O) groups excluding carboxylic acids is 1. The van der Waals surface area contributed by atoms with Crippen LogP contribution in [0.2, 0.25) is 0 Å². The van der Waals surface area contributed by atoms with E-state index >= 15 is 0 Å². The fourth-order valence-electron chi connectivity index (χ4n) is 2.75. The highest BCUT2D eigenvalue weighted by molar-refractivity contribution is 5.79. The molecule has 2 heteroatoms. The molecule has 2 saturated heterocycles. The van der Waals surface area contributed by atoms with Crippen LogP contribution in [0.3, 0.4) is 0 Å². The third kappa shape index (κ3) is 1.05. The Morgan fingerprint density at radius 2 is 2.17 bits per heavy atom. The Balaban J connectivity index is 2.10. The summed E-state index contributed by atoms with van der Waals surface area (Å²) in [6.07, 6.45) is 3.14. The predicted molar refractivity (Wildman–Crippen MR) is 47.7 cm³/mol. The Bertz CT molecular complexity index is 200. The van der Waals surface area contributed by atoms with E-state index in [9.17, 15) is 4.79 Å². The number of rotatable bonds is 1. The molecule has 2 heterocycles. The molecule has 0 radical (unpaired) electrons. The molecule has 68 valence electrons. The molecular weight excluding hydrogens is 150 g/mol. The molecule has 12 heavy (non-hydrogen) atoms. The van der Waals surface area contributed by atoms with Crippen LogP contribution in [0.15, 0.2) is 0 Å². The van der Waals surface area contributed by atoms with Gasteiger partial charge < -0.3 is 4.90 Å². The van der Waals surface area contributed by atoms with Crippen molar-refractivity contribution in [1.29, 1.82) is 0 Å². The zero-order valence-electron chi connectivity index (χ0n) is 7.92. The van der Waals surface area contributed by atoms with Crippen LogP contribution >= 0.6 is 0 Å². The van der Waals surface area contributed by atoms with Crippen LogP contribution < -0.4 is 0 Å². The first-order valence-electron chi connectivity index (χ1n) is 4.99. The fourth-order valence-corrected chi connectivity index (χ4v) is 2.75. The van der Waals surface area contributed by atoms with E-state index in [0.29, 0.717) is 11.9 Å². The Hall–Kier alpha value is -0.530. The summed E-state index contributed by atoms with van der Waals surface area (Å²) in [6, 6.07) is 0.595. The third-order valence-electron chi connectivity index (χ3n) is 3.43. The molecule has 0 bridgehead atoms. The highest BCUT2D eigenvalue weighted by Crippen LogP contribution is 2.37. The lowest BCUT2D eigenvalue weighted by Gasteiger charge is -2.22. The number of fused-ring (bicyclic) bond motifs is 1. The van der Waals surface area contributed by atoms with Crippen molar-refractivity contribution >= 4 is 5.91 Å². The van der Waals surface area contributed by atoms with Gasteiger partial charge in [0.2, 0.25) is 5.91 Å². The number of amides is 1. The van der Waals surface area contributed by atoms with Crippen LogP contribution in [0, 0.1) is 11.8 Å². The molecule has 2 nitrogen and oxygen atoms in total. The minimum Gasteiger partial charge on any atom is -0.339 e.